The second kappa shape index (κ2) is 6.85. The number of amides is 1. The Kier molecular flexibility index (Phi) is 4.85. The van der Waals surface area contributed by atoms with Gasteiger partial charge >= 0.3 is 0 Å². The fraction of sp³-hybridized carbons (Fsp3) is 0.650. The van der Waals surface area contributed by atoms with Crippen molar-refractivity contribution >= 4 is 5.91 Å². The molecule has 2 fully saturated rings. The predicted octanol–water partition coefficient (Wildman–Crippen LogP) is 4.21. The van der Waals surface area contributed by atoms with Crippen molar-refractivity contribution in [2.45, 2.75) is 52.4 Å². The van der Waals surface area contributed by atoms with Crippen LogP contribution in [0.4, 0.5) is 0 Å². The second-order valence-corrected chi connectivity index (χ2v) is 7.56. The number of hydrogen-bond acceptors (Lipinski definition) is 1. The van der Waals surface area contributed by atoms with Crippen LogP contribution in [0.15, 0.2) is 24.3 Å². The molecule has 3 rings (SSSR count). The molecule has 0 N–H and O–H groups in total. The van der Waals surface area contributed by atoms with Crippen molar-refractivity contribution in [3.8, 4) is 0 Å². The maximum Gasteiger partial charge on any atom is 0.222 e. The van der Waals surface area contributed by atoms with Crippen LogP contribution in [0.5, 0.6) is 0 Å². The number of aryl methyl sites for hydroxylation is 1. The van der Waals surface area contributed by atoms with Gasteiger partial charge in [-0.05, 0) is 62.3 Å². The first-order valence-electron chi connectivity index (χ1n) is 8.95. The van der Waals surface area contributed by atoms with Crippen LogP contribution >= 0.6 is 0 Å². The summed E-state index contributed by atoms with van der Waals surface area (Å²) in [4.78, 5) is 14.6. The van der Waals surface area contributed by atoms with Crippen LogP contribution in [-0.2, 0) is 11.2 Å². The number of carbonyl (C=O) groups excluding carboxylic acids is 1. The zero-order valence-electron chi connectivity index (χ0n) is 14.1. The van der Waals surface area contributed by atoms with Crippen molar-refractivity contribution in [1.82, 2.24) is 4.90 Å². The Hall–Kier alpha value is -1.31. The standard InChI is InChI=1S/C20H29NO/c1-15-5-7-17(8-6-15)13-18-4-3-11-21(14-18)20(22)12-16(2)19-9-10-19/h5-8,16,18-19H,3-4,9-14H2,1-2H3/t16-,18+/m1/s1. The average Bonchev–Trinajstić information content (AvgIpc) is 3.35. The largest absolute Gasteiger partial charge is 0.342 e. The molecule has 1 heterocycles. The summed E-state index contributed by atoms with van der Waals surface area (Å²) in [5.74, 6) is 2.45. The van der Waals surface area contributed by atoms with E-state index in [4.69, 9.17) is 0 Å². The van der Waals surface area contributed by atoms with Crippen LogP contribution in [0.25, 0.3) is 0 Å². The van der Waals surface area contributed by atoms with Crippen LogP contribution in [0.1, 0.15) is 50.2 Å². The number of hydrogen-bond donors (Lipinski definition) is 0. The molecule has 1 aliphatic carbocycles. The first-order valence-corrected chi connectivity index (χ1v) is 8.95. The lowest BCUT2D eigenvalue weighted by Crippen LogP contribution is -2.41. The van der Waals surface area contributed by atoms with E-state index in [1.807, 2.05) is 0 Å². The maximum absolute atomic E-state index is 12.5. The highest BCUT2D eigenvalue weighted by Gasteiger charge is 2.31. The lowest BCUT2D eigenvalue weighted by atomic mass is 9.90. The van der Waals surface area contributed by atoms with E-state index in [2.05, 4.69) is 43.0 Å². The number of piperidine rings is 1. The van der Waals surface area contributed by atoms with Crippen molar-refractivity contribution < 1.29 is 4.79 Å². The van der Waals surface area contributed by atoms with Crippen molar-refractivity contribution in [3.05, 3.63) is 35.4 Å². The number of carbonyl (C=O) groups is 1. The molecule has 0 aromatic heterocycles. The number of nitrogens with zero attached hydrogens (tertiary/aromatic N) is 1. The molecule has 1 aliphatic heterocycles. The third-order valence-corrected chi connectivity index (χ3v) is 5.44. The van der Waals surface area contributed by atoms with E-state index in [1.54, 1.807) is 0 Å². The molecule has 0 bridgehead atoms. The zero-order chi connectivity index (χ0) is 15.5. The van der Waals surface area contributed by atoms with Crippen LogP contribution in [0.2, 0.25) is 0 Å². The highest BCUT2D eigenvalue weighted by Crippen LogP contribution is 2.38. The van der Waals surface area contributed by atoms with Crippen LogP contribution in [0, 0.1) is 24.7 Å². The Labute approximate surface area is 134 Å². The van der Waals surface area contributed by atoms with E-state index in [-0.39, 0.29) is 0 Å². The van der Waals surface area contributed by atoms with Gasteiger partial charge in [-0.25, -0.2) is 0 Å². The molecule has 0 unspecified atom stereocenters. The molecule has 22 heavy (non-hydrogen) atoms. The Morgan fingerprint density at radius 3 is 2.64 bits per heavy atom. The summed E-state index contributed by atoms with van der Waals surface area (Å²) in [5.41, 5.74) is 2.73. The molecular weight excluding hydrogens is 270 g/mol. The molecule has 120 valence electrons. The van der Waals surface area contributed by atoms with Gasteiger partial charge in [0.05, 0.1) is 0 Å². The van der Waals surface area contributed by atoms with Gasteiger partial charge in [0, 0.05) is 19.5 Å². The van der Waals surface area contributed by atoms with Crippen LogP contribution in [0.3, 0.4) is 0 Å². The monoisotopic (exact) mass is 299 g/mol. The summed E-state index contributed by atoms with van der Waals surface area (Å²) in [5, 5.41) is 0. The van der Waals surface area contributed by atoms with E-state index < -0.39 is 0 Å². The van der Waals surface area contributed by atoms with Gasteiger partial charge in [-0.1, -0.05) is 36.8 Å². The summed E-state index contributed by atoms with van der Waals surface area (Å²) in [6.07, 6.45) is 6.98. The SMILES string of the molecule is Cc1ccc(C[C@@H]2CCCN(C(=O)C[C@@H](C)C3CC3)C2)cc1. The minimum atomic E-state index is 0.396. The molecule has 0 radical (unpaired) electrons. The van der Waals surface area contributed by atoms with Gasteiger partial charge in [-0.3, -0.25) is 4.79 Å². The van der Waals surface area contributed by atoms with Crippen molar-refractivity contribution in [1.29, 1.82) is 0 Å². The third-order valence-electron chi connectivity index (χ3n) is 5.44. The second-order valence-electron chi connectivity index (χ2n) is 7.56. The van der Waals surface area contributed by atoms with E-state index >= 15 is 0 Å². The molecule has 1 amide bonds. The predicted molar refractivity (Wildman–Crippen MR) is 90.7 cm³/mol. The summed E-state index contributed by atoms with van der Waals surface area (Å²) >= 11 is 0. The van der Waals surface area contributed by atoms with E-state index in [0.29, 0.717) is 17.7 Å². The number of rotatable bonds is 5. The highest BCUT2D eigenvalue weighted by molar-refractivity contribution is 5.76. The summed E-state index contributed by atoms with van der Waals surface area (Å²) in [6, 6.07) is 8.87. The minimum absolute atomic E-state index is 0.396. The first kappa shape index (κ1) is 15.6. The lowest BCUT2D eigenvalue weighted by molar-refractivity contribution is -0.134. The van der Waals surface area contributed by atoms with Crippen molar-refractivity contribution in [3.63, 3.8) is 0 Å². The van der Waals surface area contributed by atoms with E-state index in [9.17, 15) is 4.79 Å². The normalized spacial score (nSPS) is 23.4. The fourth-order valence-corrected chi connectivity index (χ4v) is 3.75. The first-order chi connectivity index (χ1) is 10.6. The van der Waals surface area contributed by atoms with Crippen LogP contribution < -0.4 is 0 Å². The Morgan fingerprint density at radius 2 is 1.95 bits per heavy atom. The number of benzene rings is 1. The van der Waals surface area contributed by atoms with E-state index in [0.717, 1.165) is 31.8 Å². The average molecular weight is 299 g/mol. The molecule has 2 nitrogen and oxygen atoms in total. The molecule has 1 aromatic carbocycles. The van der Waals surface area contributed by atoms with Gasteiger partial charge in [-0.2, -0.15) is 0 Å². The smallest absolute Gasteiger partial charge is 0.222 e. The fourth-order valence-electron chi connectivity index (χ4n) is 3.75. The third kappa shape index (κ3) is 4.12. The molecule has 2 heteroatoms. The summed E-state index contributed by atoms with van der Waals surface area (Å²) in [7, 11) is 0. The van der Waals surface area contributed by atoms with E-state index in [1.165, 1.54) is 36.8 Å². The minimum Gasteiger partial charge on any atom is -0.342 e. The Morgan fingerprint density at radius 1 is 1.23 bits per heavy atom. The van der Waals surface area contributed by atoms with Gasteiger partial charge in [0.2, 0.25) is 5.91 Å². The molecule has 1 aromatic rings. The van der Waals surface area contributed by atoms with Gasteiger partial charge in [0.1, 0.15) is 0 Å². The molecule has 2 aliphatic rings. The van der Waals surface area contributed by atoms with Gasteiger partial charge < -0.3 is 4.90 Å². The number of likely N-dealkylation sites (tertiary alicyclic amines) is 1. The van der Waals surface area contributed by atoms with Gasteiger partial charge in [-0.15, -0.1) is 0 Å². The maximum atomic E-state index is 12.5. The van der Waals surface area contributed by atoms with Crippen molar-refractivity contribution in [2.75, 3.05) is 13.1 Å². The molecule has 1 saturated heterocycles. The summed E-state index contributed by atoms with van der Waals surface area (Å²) in [6.45, 7) is 6.32. The quantitative estimate of drug-likeness (QED) is 0.797. The zero-order valence-corrected chi connectivity index (χ0v) is 14.1. The molecule has 1 saturated carbocycles. The Balaban J connectivity index is 1.52. The molecule has 0 spiro atoms. The van der Waals surface area contributed by atoms with Gasteiger partial charge in [0.25, 0.3) is 0 Å². The van der Waals surface area contributed by atoms with Crippen LogP contribution in [-0.4, -0.2) is 23.9 Å². The Bertz CT molecular complexity index is 503. The lowest BCUT2D eigenvalue weighted by Gasteiger charge is -2.33. The molecule has 2 atom stereocenters. The summed E-state index contributed by atoms with van der Waals surface area (Å²) < 4.78 is 0. The molecular formula is C20H29NO. The topological polar surface area (TPSA) is 20.3 Å². The highest BCUT2D eigenvalue weighted by atomic mass is 16.2. The van der Waals surface area contributed by atoms with Crippen molar-refractivity contribution in [2.24, 2.45) is 17.8 Å². The van der Waals surface area contributed by atoms with Gasteiger partial charge in [0.15, 0.2) is 0 Å².